The Bertz CT molecular complexity index is 902. The predicted molar refractivity (Wildman–Crippen MR) is 108 cm³/mol. The van der Waals surface area contributed by atoms with E-state index in [1.807, 2.05) is 0 Å². The average molecular weight is 512 g/mol. The molecule has 0 saturated carbocycles. The zero-order valence-electron chi connectivity index (χ0n) is 16.3. The van der Waals surface area contributed by atoms with Crippen molar-refractivity contribution < 1.29 is 31.5 Å². The summed E-state index contributed by atoms with van der Waals surface area (Å²) in [6.45, 7) is 3.45. The van der Waals surface area contributed by atoms with Crippen LogP contribution in [0.15, 0.2) is 33.6 Å². The largest absolute Gasteiger partial charge is 0.465 e. The maximum Gasteiger partial charge on any atom is 0.433 e. The molecule has 1 aromatic carbocycles. The molecule has 164 valence electrons. The quantitative estimate of drug-likeness (QED) is 0.226. The maximum absolute atomic E-state index is 13.8. The van der Waals surface area contributed by atoms with Gasteiger partial charge in [-0.2, -0.15) is 13.2 Å². The normalized spacial score (nSPS) is 12.0. The molecule has 0 N–H and O–H groups in total. The molecule has 0 atom stereocenters. The molecule has 0 unspecified atom stereocenters. The maximum atomic E-state index is 13.8. The minimum Gasteiger partial charge on any atom is -0.465 e. The first-order valence-electron chi connectivity index (χ1n) is 8.83. The first-order valence-corrected chi connectivity index (χ1v) is 10.6. The molecule has 0 aliphatic heterocycles. The van der Waals surface area contributed by atoms with Crippen LogP contribution in [-0.2, 0) is 23.1 Å². The summed E-state index contributed by atoms with van der Waals surface area (Å²) in [6, 6.07) is 6.90. The van der Waals surface area contributed by atoms with Crippen molar-refractivity contribution >= 4 is 33.7 Å². The number of carbonyl (C=O) groups excluding carboxylic acids is 1. The van der Waals surface area contributed by atoms with Gasteiger partial charge in [0, 0.05) is 15.1 Å². The number of carbonyl (C=O) groups is 1. The molecule has 0 aliphatic rings. The van der Waals surface area contributed by atoms with Crippen LogP contribution in [0.3, 0.4) is 0 Å². The van der Waals surface area contributed by atoms with Gasteiger partial charge in [0.15, 0.2) is 0 Å². The van der Waals surface area contributed by atoms with Crippen molar-refractivity contribution in [3.63, 3.8) is 0 Å². The van der Waals surface area contributed by atoms with E-state index >= 15 is 0 Å². The summed E-state index contributed by atoms with van der Waals surface area (Å²) < 4.78 is 73.9. The lowest BCUT2D eigenvalue weighted by Crippen LogP contribution is -2.22. The van der Waals surface area contributed by atoms with Gasteiger partial charge < -0.3 is 4.74 Å². The first kappa shape index (κ1) is 24.6. The number of hydrogen-bond donors (Lipinski definition) is 0. The molecule has 0 aliphatic carbocycles. The summed E-state index contributed by atoms with van der Waals surface area (Å²) >= 11 is 4.38. The van der Waals surface area contributed by atoms with Gasteiger partial charge in [-0.15, -0.1) is 11.8 Å². The van der Waals surface area contributed by atoms with Gasteiger partial charge in [0.05, 0.1) is 12.7 Å². The fraction of sp³-hybridized carbons (Fsp3) is 0.400. The molecular weight excluding hydrogens is 493 g/mol. The molecule has 1 heterocycles. The number of aromatic nitrogens is 1. The second-order valence-electron chi connectivity index (χ2n) is 6.81. The van der Waals surface area contributed by atoms with E-state index in [9.17, 15) is 26.7 Å². The number of halogens is 6. The Kier molecular flexibility index (Phi) is 8.27. The molecule has 1 aromatic heterocycles. The van der Waals surface area contributed by atoms with E-state index in [-0.39, 0.29) is 29.2 Å². The Balaban J connectivity index is 2.73. The van der Waals surface area contributed by atoms with Crippen LogP contribution in [-0.4, -0.2) is 18.1 Å². The van der Waals surface area contributed by atoms with Gasteiger partial charge in [0.2, 0.25) is 0 Å². The van der Waals surface area contributed by atoms with Crippen molar-refractivity contribution in [2.75, 3.05) is 7.11 Å². The lowest BCUT2D eigenvalue weighted by Gasteiger charge is -2.22. The highest BCUT2D eigenvalue weighted by Gasteiger charge is 2.40. The van der Waals surface area contributed by atoms with Crippen LogP contribution in [0.2, 0.25) is 0 Å². The Morgan fingerprint density at radius 3 is 2.23 bits per heavy atom. The molecule has 2 aromatic rings. The molecule has 10 heteroatoms. The van der Waals surface area contributed by atoms with E-state index in [1.54, 1.807) is 38.1 Å². The number of esters is 1. The molecule has 0 amide bonds. The minimum absolute atomic E-state index is 0.00795. The number of methoxy groups -OCH3 is 1. The Hall–Kier alpha value is -1.68. The van der Waals surface area contributed by atoms with Crippen LogP contribution >= 0.6 is 27.7 Å². The van der Waals surface area contributed by atoms with Crippen LogP contribution in [0.1, 0.15) is 53.1 Å². The second kappa shape index (κ2) is 10.1. The van der Waals surface area contributed by atoms with E-state index in [4.69, 9.17) is 0 Å². The topological polar surface area (TPSA) is 39.2 Å². The predicted octanol–water partition coefficient (Wildman–Crippen LogP) is 7.08. The number of ether oxygens (including phenoxy) is 1. The highest BCUT2D eigenvalue weighted by atomic mass is 79.9. The highest BCUT2D eigenvalue weighted by Crippen LogP contribution is 2.40. The summed E-state index contributed by atoms with van der Waals surface area (Å²) in [5.41, 5.74) is -3.57. The van der Waals surface area contributed by atoms with Gasteiger partial charge in [-0.05, 0) is 47.7 Å². The zero-order valence-corrected chi connectivity index (χ0v) is 18.7. The molecule has 0 spiro atoms. The van der Waals surface area contributed by atoms with E-state index in [0.29, 0.717) is 4.90 Å². The van der Waals surface area contributed by atoms with Crippen LogP contribution in [0.4, 0.5) is 22.0 Å². The molecule has 2 rings (SSSR count). The van der Waals surface area contributed by atoms with Crippen LogP contribution in [0.25, 0.3) is 0 Å². The van der Waals surface area contributed by atoms with Crippen molar-refractivity contribution in [3.8, 4) is 0 Å². The Labute approximate surface area is 183 Å². The van der Waals surface area contributed by atoms with Crippen molar-refractivity contribution in [3.05, 3.63) is 56.8 Å². The fourth-order valence-corrected chi connectivity index (χ4v) is 4.10. The lowest BCUT2D eigenvalue weighted by molar-refractivity contribution is -0.142. The summed E-state index contributed by atoms with van der Waals surface area (Å²) in [4.78, 5) is 16.2. The number of benzene rings is 1. The fourth-order valence-electron chi connectivity index (χ4n) is 2.89. The van der Waals surface area contributed by atoms with Gasteiger partial charge in [0.25, 0.3) is 6.43 Å². The third-order valence-corrected chi connectivity index (χ3v) is 5.68. The van der Waals surface area contributed by atoms with Crippen molar-refractivity contribution in [2.24, 2.45) is 5.92 Å². The second-order valence-corrected chi connectivity index (χ2v) is 8.77. The third-order valence-electron chi connectivity index (χ3n) is 4.11. The average Bonchev–Trinajstić information content (AvgIpc) is 2.65. The molecule has 3 nitrogen and oxygen atoms in total. The monoisotopic (exact) mass is 511 g/mol. The van der Waals surface area contributed by atoms with Crippen molar-refractivity contribution in [1.82, 2.24) is 4.98 Å². The lowest BCUT2D eigenvalue weighted by atomic mass is 9.91. The smallest absolute Gasteiger partial charge is 0.433 e. The molecule has 0 bridgehead atoms. The number of alkyl halides is 5. The molecular formula is C20H19BrF5NO2S. The summed E-state index contributed by atoms with van der Waals surface area (Å²) in [5, 5.41) is 0. The Morgan fingerprint density at radius 1 is 1.17 bits per heavy atom. The van der Waals surface area contributed by atoms with Crippen LogP contribution < -0.4 is 0 Å². The van der Waals surface area contributed by atoms with E-state index in [2.05, 4.69) is 25.7 Å². The third kappa shape index (κ3) is 5.94. The van der Waals surface area contributed by atoms with Gasteiger partial charge in [0.1, 0.15) is 11.4 Å². The zero-order chi connectivity index (χ0) is 22.6. The Morgan fingerprint density at radius 2 is 1.77 bits per heavy atom. The van der Waals surface area contributed by atoms with Gasteiger partial charge in [-0.1, -0.05) is 29.8 Å². The number of pyridine rings is 1. The van der Waals surface area contributed by atoms with Crippen molar-refractivity contribution in [1.29, 1.82) is 0 Å². The summed E-state index contributed by atoms with van der Waals surface area (Å²) in [6.07, 6.45) is -8.33. The number of thioether (sulfide) groups is 1. The van der Waals surface area contributed by atoms with E-state index in [1.165, 1.54) is 0 Å². The summed E-state index contributed by atoms with van der Waals surface area (Å²) in [7, 11) is 0.991. The molecule has 0 radical (unpaired) electrons. The van der Waals surface area contributed by atoms with Gasteiger partial charge in [-0.25, -0.2) is 18.6 Å². The SMILES string of the molecule is COC(=O)c1c(C(F)F)nc(C(F)(F)F)c(CSc2ccc(Br)cc2)c1CC(C)C. The first-order chi connectivity index (χ1) is 14.0. The van der Waals surface area contributed by atoms with Crippen LogP contribution in [0, 0.1) is 5.92 Å². The van der Waals surface area contributed by atoms with Crippen LogP contribution in [0.5, 0.6) is 0 Å². The standard InChI is InChI=1S/C20H19BrF5NO2S/c1-10(2)8-13-14(9-30-12-6-4-11(21)5-7-12)17(20(24,25)26)27-16(18(22)23)15(13)19(28)29-3/h4-7,10,18H,8-9H2,1-3H3. The summed E-state index contributed by atoms with van der Waals surface area (Å²) in [5.74, 6) is -1.52. The molecule has 0 saturated heterocycles. The minimum atomic E-state index is -4.96. The van der Waals surface area contributed by atoms with E-state index in [0.717, 1.165) is 23.3 Å². The number of rotatable bonds is 7. The molecule has 30 heavy (non-hydrogen) atoms. The van der Waals surface area contributed by atoms with Gasteiger partial charge in [-0.3, -0.25) is 0 Å². The number of hydrogen-bond acceptors (Lipinski definition) is 4. The van der Waals surface area contributed by atoms with Gasteiger partial charge >= 0.3 is 12.1 Å². The molecule has 0 fully saturated rings. The highest BCUT2D eigenvalue weighted by molar-refractivity contribution is 9.10. The van der Waals surface area contributed by atoms with E-state index < -0.39 is 35.5 Å². The van der Waals surface area contributed by atoms with Crippen molar-refractivity contribution in [2.45, 2.75) is 43.5 Å². The number of nitrogens with zero attached hydrogens (tertiary/aromatic N) is 1.